The average Bonchev–Trinajstić information content (AvgIpc) is 2.28. The molecule has 0 spiro atoms. The lowest BCUT2D eigenvalue weighted by Crippen LogP contribution is -2.43. The van der Waals surface area contributed by atoms with Crippen LogP contribution in [0.5, 0.6) is 0 Å². The van der Waals surface area contributed by atoms with Crippen molar-refractivity contribution in [3.8, 4) is 0 Å². The Hall–Kier alpha value is -1.38. The van der Waals surface area contributed by atoms with Crippen LogP contribution in [0.2, 0.25) is 0 Å². The number of carbonyl (C=O) groups is 1. The molecule has 0 aliphatic heterocycles. The van der Waals surface area contributed by atoms with Crippen LogP contribution >= 0.6 is 0 Å². The summed E-state index contributed by atoms with van der Waals surface area (Å²) in [4.78, 5) is 13.9. The molecular formula is C15H22FNO. The number of amides is 1. The predicted octanol–water partition coefficient (Wildman–Crippen LogP) is 3.64. The maximum Gasteiger partial charge on any atom is 0.256 e. The van der Waals surface area contributed by atoms with E-state index in [9.17, 15) is 9.18 Å². The van der Waals surface area contributed by atoms with Gasteiger partial charge >= 0.3 is 0 Å². The van der Waals surface area contributed by atoms with Crippen LogP contribution in [0.3, 0.4) is 0 Å². The van der Waals surface area contributed by atoms with Crippen molar-refractivity contribution in [2.45, 2.75) is 40.7 Å². The molecule has 3 heteroatoms. The molecule has 1 atom stereocenters. The Balaban J connectivity index is 3.04. The van der Waals surface area contributed by atoms with Crippen LogP contribution in [0.4, 0.5) is 4.39 Å². The number of benzene rings is 1. The topological polar surface area (TPSA) is 20.3 Å². The van der Waals surface area contributed by atoms with Crippen molar-refractivity contribution in [3.63, 3.8) is 0 Å². The first-order valence-corrected chi connectivity index (χ1v) is 6.18. The molecule has 0 saturated carbocycles. The maximum atomic E-state index is 13.7. The molecule has 0 radical (unpaired) electrons. The first kappa shape index (κ1) is 14.7. The van der Waals surface area contributed by atoms with E-state index in [2.05, 4.69) is 20.8 Å². The van der Waals surface area contributed by atoms with E-state index in [1.807, 2.05) is 13.8 Å². The van der Waals surface area contributed by atoms with Gasteiger partial charge in [0.15, 0.2) is 0 Å². The standard InChI is InChI=1S/C15H22FNO/c1-10-7-8-13(16)12(9-10)14(18)17(6)11(2)15(3,4)5/h7-9,11H,1-6H3. The second-order valence-corrected chi connectivity index (χ2v) is 5.94. The molecule has 18 heavy (non-hydrogen) atoms. The molecule has 0 N–H and O–H groups in total. The Bertz CT molecular complexity index is 448. The summed E-state index contributed by atoms with van der Waals surface area (Å²) in [6.45, 7) is 10.0. The van der Waals surface area contributed by atoms with Crippen molar-refractivity contribution in [1.29, 1.82) is 0 Å². The van der Waals surface area contributed by atoms with Gasteiger partial charge in [-0.05, 0) is 31.4 Å². The molecule has 0 aliphatic carbocycles. The molecule has 0 saturated heterocycles. The molecule has 1 aromatic rings. The second-order valence-electron chi connectivity index (χ2n) is 5.94. The van der Waals surface area contributed by atoms with Crippen LogP contribution in [0.1, 0.15) is 43.6 Å². The summed E-state index contributed by atoms with van der Waals surface area (Å²) < 4.78 is 13.7. The molecule has 0 aromatic heterocycles. The van der Waals surface area contributed by atoms with E-state index < -0.39 is 5.82 Å². The monoisotopic (exact) mass is 251 g/mol. The smallest absolute Gasteiger partial charge is 0.256 e. The van der Waals surface area contributed by atoms with Crippen molar-refractivity contribution in [2.24, 2.45) is 5.41 Å². The fraction of sp³-hybridized carbons (Fsp3) is 0.533. The third-order valence-corrected chi connectivity index (χ3v) is 3.51. The highest BCUT2D eigenvalue weighted by Crippen LogP contribution is 2.24. The summed E-state index contributed by atoms with van der Waals surface area (Å²) >= 11 is 0. The van der Waals surface area contributed by atoms with Crippen molar-refractivity contribution >= 4 is 5.91 Å². The highest BCUT2D eigenvalue weighted by atomic mass is 19.1. The molecular weight excluding hydrogens is 229 g/mol. The van der Waals surface area contributed by atoms with E-state index >= 15 is 0 Å². The largest absolute Gasteiger partial charge is 0.338 e. The van der Waals surface area contributed by atoms with E-state index in [4.69, 9.17) is 0 Å². The number of rotatable bonds is 2. The number of aryl methyl sites for hydroxylation is 1. The van der Waals surface area contributed by atoms with Gasteiger partial charge in [-0.25, -0.2) is 4.39 Å². The van der Waals surface area contributed by atoms with Crippen LogP contribution in [0.15, 0.2) is 18.2 Å². The SMILES string of the molecule is Cc1ccc(F)c(C(=O)N(C)C(C)C(C)(C)C)c1. The highest BCUT2D eigenvalue weighted by molar-refractivity contribution is 5.94. The van der Waals surface area contributed by atoms with Gasteiger partial charge in [-0.15, -0.1) is 0 Å². The summed E-state index contributed by atoms with van der Waals surface area (Å²) in [5, 5.41) is 0. The van der Waals surface area contributed by atoms with Crippen molar-refractivity contribution in [1.82, 2.24) is 4.90 Å². The first-order valence-electron chi connectivity index (χ1n) is 6.18. The second kappa shape index (κ2) is 5.09. The van der Waals surface area contributed by atoms with Gasteiger partial charge in [-0.2, -0.15) is 0 Å². The number of hydrogen-bond acceptors (Lipinski definition) is 1. The normalized spacial score (nSPS) is 13.3. The fourth-order valence-electron chi connectivity index (χ4n) is 1.75. The van der Waals surface area contributed by atoms with Gasteiger partial charge in [-0.3, -0.25) is 4.79 Å². The lowest BCUT2D eigenvalue weighted by atomic mass is 9.87. The van der Waals surface area contributed by atoms with Gasteiger partial charge < -0.3 is 4.90 Å². The minimum Gasteiger partial charge on any atom is -0.338 e. The van der Waals surface area contributed by atoms with E-state index in [-0.39, 0.29) is 22.9 Å². The van der Waals surface area contributed by atoms with Crippen LogP contribution in [0, 0.1) is 18.2 Å². The molecule has 0 bridgehead atoms. The van der Waals surface area contributed by atoms with Crippen molar-refractivity contribution < 1.29 is 9.18 Å². The van der Waals surface area contributed by atoms with Gasteiger partial charge in [-0.1, -0.05) is 32.4 Å². The molecule has 0 aliphatic rings. The summed E-state index contributed by atoms with van der Waals surface area (Å²) in [6, 6.07) is 4.64. The Labute approximate surface area is 109 Å². The molecule has 1 amide bonds. The fourth-order valence-corrected chi connectivity index (χ4v) is 1.75. The summed E-state index contributed by atoms with van der Waals surface area (Å²) in [5.41, 5.74) is 0.996. The third kappa shape index (κ3) is 3.09. The summed E-state index contributed by atoms with van der Waals surface area (Å²) in [5.74, 6) is -0.725. The third-order valence-electron chi connectivity index (χ3n) is 3.51. The lowest BCUT2D eigenvalue weighted by molar-refractivity contribution is 0.0624. The molecule has 0 fully saturated rings. The molecule has 0 heterocycles. The molecule has 2 nitrogen and oxygen atoms in total. The van der Waals surface area contributed by atoms with Gasteiger partial charge in [0.1, 0.15) is 5.82 Å². The minimum absolute atomic E-state index is 0.0323. The van der Waals surface area contributed by atoms with Crippen LogP contribution in [-0.2, 0) is 0 Å². The molecule has 1 unspecified atom stereocenters. The maximum absolute atomic E-state index is 13.7. The van der Waals surface area contributed by atoms with Crippen molar-refractivity contribution in [3.05, 3.63) is 35.1 Å². The quantitative estimate of drug-likeness (QED) is 0.785. The Kier molecular flexibility index (Phi) is 4.15. The Morgan fingerprint density at radius 3 is 2.39 bits per heavy atom. The minimum atomic E-state index is -0.460. The van der Waals surface area contributed by atoms with E-state index in [1.54, 1.807) is 24.1 Å². The molecule has 1 rings (SSSR count). The molecule has 100 valence electrons. The summed E-state index contributed by atoms with van der Waals surface area (Å²) in [7, 11) is 1.72. The van der Waals surface area contributed by atoms with E-state index in [1.165, 1.54) is 6.07 Å². The zero-order chi connectivity index (χ0) is 14.1. The van der Waals surface area contributed by atoms with Gasteiger partial charge in [0.25, 0.3) is 5.91 Å². The van der Waals surface area contributed by atoms with Crippen LogP contribution in [0.25, 0.3) is 0 Å². The highest BCUT2D eigenvalue weighted by Gasteiger charge is 2.28. The van der Waals surface area contributed by atoms with E-state index in [0.717, 1.165) is 5.56 Å². The van der Waals surface area contributed by atoms with E-state index in [0.29, 0.717) is 0 Å². The zero-order valence-corrected chi connectivity index (χ0v) is 12.0. The van der Waals surface area contributed by atoms with Crippen molar-refractivity contribution in [2.75, 3.05) is 7.05 Å². The van der Waals surface area contributed by atoms with Crippen LogP contribution in [-0.4, -0.2) is 23.9 Å². The Morgan fingerprint density at radius 1 is 1.33 bits per heavy atom. The van der Waals surface area contributed by atoms with Gasteiger partial charge in [0.2, 0.25) is 0 Å². The number of carbonyl (C=O) groups excluding carboxylic acids is 1. The van der Waals surface area contributed by atoms with Gasteiger partial charge in [0.05, 0.1) is 5.56 Å². The first-order chi connectivity index (χ1) is 8.14. The summed E-state index contributed by atoms with van der Waals surface area (Å²) in [6.07, 6.45) is 0. The average molecular weight is 251 g/mol. The van der Waals surface area contributed by atoms with Crippen LogP contribution < -0.4 is 0 Å². The number of nitrogens with zero attached hydrogens (tertiary/aromatic N) is 1. The number of hydrogen-bond donors (Lipinski definition) is 0. The number of halogens is 1. The van der Waals surface area contributed by atoms with Gasteiger partial charge in [0, 0.05) is 13.1 Å². The zero-order valence-electron chi connectivity index (χ0n) is 12.0. The predicted molar refractivity (Wildman–Crippen MR) is 72.1 cm³/mol. The molecule has 1 aromatic carbocycles. The lowest BCUT2D eigenvalue weighted by Gasteiger charge is -2.35. The Morgan fingerprint density at radius 2 is 1.89 bits per heavy atom.